The van der Waals surface area contributed by atoms with Crippen molar-refractivity contribution in [3.63, 3.8) is 0 Å². The van der Waals surface area contributed by atoms with Gasteiger partial charge in [0.05, 0.1) is 32.4 Å². The standard InChI is InChI=1S/C25H30N2O7/c1-6-34-19-13-15(7-9-17(19)28)22-21(24(30)25(31)27(22)12-11-26(2)3)23(29)16-8-10-18(32-4)20(14-16)33-5/h7-10,13-14,22,28-29H,6,11-12H2,1-5H3/b23-21-. The predicted molar refractivity (Wildman–Crippen MR) is 126 cm³/mol. The van der Waals surface area contributed by atoms with Crippen molar-refractivity contribution in [3.8, 4) is 23.0 Å². The molecule has 0 saturated carbocycles. The van der Waals surface area contributed by atoms with Crippen molar-refractivity contribution in [3.05, 3.63) is 53.1 Å². The summed E-state index contributed by atoms with van der Waals surface area (Å²) in [7, 11) is 6.69. The number of hydrogen-bond acceptors (Lipinski definition) is 8. The first-order valence-corrected chi connectivity index (χ1v) is 10.8. The number of amides is 1. The minimum atomic E-state index is -0.868. The van der Waals surface area contributed by atoms with E-state index in [1.165, 1.54) is 25.2 Å². The Kier molecular flexibility index (Phi) is 7.68. The average Bonchev–Trinajstić information content (AvgIpc) is 3.08. The van der Waals surface area contributed by atoms with Crippen molar-refractivity contribution >= 4 is 17.4 Å². The minimum Gasteiger partial charge on any atom is -0.507 e. The van der Waals surface area contributed by atoms with Crippen LogP contribution < -0.4 is 14.2 Å². The second kappa shape index (κ2) is 10.5. The second-order valence-electron chi connectivity index (χ2n) is 8.03. The van der Waals surface area contributed by atoms with Crippen LogP contribution in [0.4, 0.5) is 0 Å². The number of aromatic hydroxyl groups is 1. The number of likely N-dealkylation sites (tertiary alicyclic amines) is 1. The Morgan fingerprint density at radius 1 is 1.03 bits per heavy atom. The van der Waals surface area contributed by atoms with E-state index in [0.717, 1.165) is 0 Å². The molecule has 34 heavy (non-hydrogen) atoms. The summed E-state index contributed by atoms with van der Waals surface area (Å²) in [6, 6.07) is 8.51. The van der Waals surface area contributed by atoms with Crippen LogP contribution in [0.2, 0.25) is 0 Å². The number of benzene rings is 2. The molecule has 9 nitrogen and oxygen atoms in total. The van der Waals surface area contributed by atoms with Crippen LogP contribution in [0.25, 0.3) is 5.76 Å². The molecule has 9 heteroatoms. The fraction of sp³-hybridized carbons (Fsp3) is 0.360. The van der Waals surface area contributed by atoms with Gasteiger partial charge in [-0.05, 0) is 56.9 Å². The Balaban J connectivity index is 2.19. The molecule has 1 fully saturated rings. The largest absolute Gasteiger partial charge is 0.507 e. The summed E-state index contributed by atoms with van der Waals surface area (Å²) in [4.78, 5) is 29.5. The lowest BCUT2D eigenvalue weighted by molar-refractivity contribution is -0.140. The Bertz CT molecular complexity index is 1110. The number of aliphatic hydroxyl groups is 1. The number of nitrogens with zero attached hydrogens (tertiary/aromatic N) is 2. The summed E-state index contributed by atoms with van der Waals surface area (Å²) < 4.78 is 16.1. The quantitative estimate of drug-likeness (QED) is 0.327. The van der Waals surface area contributed by atoms with Gasteiger partial charge < -0.3 is 34.2 Å². The fourth-order valence-corrected chi connectivity index (χ4v) is 3.88. The number of methoxy groups -OCH3 is 2. The summed E-state index contributed by atoms with van der Waals surface area (Å²) >= 11 is 0. The molecule has 1 heterocycles. The molecule has 2 aromatic rings. The van der Waals surface area contributed by atoms with E-state index in [-0.39, 0.29) is 29.4 Å². The lowest BCUT2D eigenvalue weighted by Gasteiger charge is -2.27. The van der Waals surface area contributed by atoms with E-state index in [1.807, 2.05) is 19.0 Å². The van der Waals surface area contributed by atoms with Gasteiger partial charge in [-0.25, -0.2) is 0 Å². The molecule has 3 rings (SSSR count). The van der Waals surface area contributed by atoms with Crippen molar-refractivity contribution in [1.29, 1.82) is 0 Å². The van der Waals surface area contributed by atoms with Crippen LogP contribution in [0, 0.1) is 0 Å². The molecule has 0 radical (unpaired) electrons. The van der Waals surface area contributed by atoms with Crippen molar-refractivity contribution in [1.82, 2.24) is 9.80 Å². The summed E-state index contributed by atoms with van der Waals surface area (Å²) in [5.74, 6) is -0.833. The maximum absolute atomic E-state index is 13.2. The maximum Gasteiger partial charge on any atom is 0.295 e. The van der Waals surface area contributed by atoms with E-state index in [0.29, 0.717) is 35.8 Å². The zero-order valence-corrected chi connectivity index (χ0v) is 20.0. The number of likely N-dealkylation sites (N-methyl/N-ethyl adjacent to an activating group) is 1. The monoisotopic (exact) mass is 470 g/mol. The van der Waals surface area contributed by atoms with Gasteiger partial charge in [0.25, 0.3) is 11.7 Å². The summed E-state index contributed by atoms with van der Waals surface area (Å²) in [6.07, 6.45) is 0. The van der Waals surface area contributed by atoms with E-state index < -0.39 is 17.7 Å². The van der Waals surface area contributed by atoms with Gasteiger partial charge in [0.1, 0.15) is 5.76 Å². The van der Waals surface area contributed by atoms with Gasteiger partial charge in [-0.2, -0.15) is 0 Å². The first-order valence-electron chi connectivity index (χ1n) is 10.8. The first-order chi connectivity index (χ1) is 16.2. The van der Waals surface area contributed by atoms with Gasteiger partial charge in [-0.3, -0.25) is 9.59 Å². The van der Waals surface area contributed by atoms with Gasteiger partial charge >= 0.3 is 0 Å². The Morgan fingerprint density at radius 3 is 2.35 bits per heavy atom. The van der Waals surface area contributed by atoms with Gasteiger partial charge in [0.15, 0.2) is 23.0 Å². The van der Waals surface area contributed by atoms with Gasteiger partial charge in [-0.15, -0.1) is 0 Å². The van der Waals surface area contributed by atoms with Crippen molar-refractivity contribution in [2.45, 2.75) is 13.0 Å². The maximum atomic E-state index is 13.2. The number of ether oxygens (including phenoxy) is 3. The Hall–Kier alpha value is -3.72. The molecule has 1 aliphatic rings. The number of hydrogen-bond donors (Lipinski definition) is 2. The van der Waals surface area contributed by atoms with E-state index in [9.17, 15) is 19.8 Å². The highest BCUT2D eigenvalue weighted by atomic mass is 16.5. The van der Waals surface area contributed by atoms with Gasteiger partial charge in [-0.1, -0.05) is 6.07 Å². The molecular weight excluding hydrogens is 440 g/mol. The zero-order chi connectivity index (χ0) is 25.0. The molecule has 0 aromatic heterocycles. The lowest BCUT2D eigenvalue weighted by atomic mass is 9.95. The van der Waals surface area contributed by atoms with Crippen LogP contribution in [0.5, 0.6) is 23.0 Å². The first kappa shape index (κ1) is 24.9. The van der Waals surface area contributed by atoms with Gasteiger partial charge in [0, 0.05) is 18.7 Å². The van der Waals surface area contributed by atoms with Crippen LogP contribution in [0.1, 0.15) is 24.1 Å². The number of carbonyl (C=O) groups excluding carboxylic acids is 2. The summed E-state index contributed by atoms with van der Waals surface area (Å²) in [5, 5.41) is 21.4. The van der Waals surface area contributed by atoms with Crippen LogP contribution in [0.3, 0.4) is 0 Å². The Morgan fingerprint density at radius 2 is 1.74 bits per heavy atom. The third kappa shape index (κ3) is 4.79. The lowest BCUT2D eigenvalue weighted by Crippen LogP contribution is -2.35. The van der Waals surface area contributed by atoms with Gasteiger partial charge in [0.2, 0.25) is 0 Å². The van der Waals surface area contributed by atoms with Crippen molar-refractivity contribution in [2.75, 3.05) is 48.0 Å². The molecule has 0 bridgehead atoms. The molecule has 1 aliphatic heterocycles. The zero-order valence-electron chi connectivity index (χ0n) is 20.0. The number of ketones is 1. The molecule has 1 atom stereocenters. The molecule has 182 valence electrons. The third-order valence-electron chi connectivity index (χ3n) is 5.58. The SMILES string of the molecule is CCOc1cc(C2/C(=C(/O)c3ccc(OC)c(OC)c3)C(=O)C(=O)N2CCN(C)C)ccc1O. The van der Waals surface area contributed by atoms with E-state index in [1.54, 1.807) is 37.3 Å². The normalized spacial score (nSPS) is 17.4. The fourth-order valence-electron chi connectivity index (χ4n) is 3.88. The molecule has 1 saturated heterocycles. The molecular formula is C25H30N2O7. The molecule has 2 N–H and O–H groups in total. The molecule has 1 unspecified atom stereocenters. The van der Waals surface area contributed by atoms with Crippen LogP contribution in [0.15, 0.2) is 42.0 Å². The third-order valence-corrected chi connectivity index (χ3v) is 5.58. The predicted octanol–water partition coefficient (Wildman–Crippen LogP) is 2.79. The smallest absolute Gasteiger partial charge is 0.295 e. The highest BCUT2D eigenvalue weighted by Gasteiger charge is 2.46. The van der Waals surface area contributed by atoms with Crippen LogP contribution >= 0.6 is 0 Å². The Labute approximate surface area is 198 Å². The number of phenolic OH excluding ortho intramolecular Hbond substituents is 1. The number of phenols is 1. The van der Waals surface area contributed by atoms with E-state index in [2.05, 4.69) is 0 Å². The van der Waals surface area contributed by atoms with Crippen molar-refractivity contribution in [2.24, 2.45) is 0 Å². The number of aliphatic hydroxyl groups excluding tert-OH is 1. The van der Waals surface area contributed by atoms with Crippen molar-refractivity contribution < 1.29 is 34.0 Å². The highest BCUT2D eigenvalue weighted by Crippen LogP contribution is 2.42. The number of Topliss-reactive ketones (excluding diaryl/α,β-unsaturated/α-hetero) is 1. The van der Waals surface area contributed by atoms with E-state index >= 15 is 0 Å². The summed E-state index contributed by atoms with van der Waals surface area (Å²) in [6.45, 7) is 2.88. The summed E-state index contributed by atoms with van der Waals surface area (Å²) in [5.41, 5.74) is 0.780. The minimum absolute atomic E-state index is 0.0517. The molecule has 0 aliphatic carbocycles. The van der Waals surface area contributed by atoms with Crippen LogP contribution in [-0.2, 0) is 9.59 Å². The molecule has 0 spiro atoms. The number of rotatable bonds is 9. The second-order valence-corrected chi connectivity index (χ2v) is 8.03. The highest BCUT2D eigenvalue weighted by molar-refractivity contribution is 6.46. The van der Waals surface area contributed by atoms with E-state index in [4.69, 9.17) is 14.2 Å². The average molecular weight is 471 g/mol. The van der Waals surface area contributed by atoms with Crippen LogP contribution in [-0.4, -0.2) is 79.7 Å². The number of carbonyl (C=O) groups is 2. The molecule has 2 aromatic carbocycles. The molecule has 1 amide bonds. The topological polar surface area (TPSA) is 109 Å².